The second-order valence-electron chi connectivity index (χ2n) is 7.87. The molecule has 0 aliphatic carbocycles. The summed E-state index contributed by atoms with van der Waals surface area (Å²) < 4.78 is 38.9. The summed E-state index contributed by atoms with van der Waals surface area (Å²) in [5.74, 6) is 1.26. The maximum atomic E-state index is 12.9. The van der Waals surface area contributed by atoms with E-state index in [2.05, 4.69) is 26.3 Å². The lowest BCUT2D eigenvalue weighted by Crippen LogP contribution is -2.60. The molecule has 1 aromatic rings. The van der Waals surface area contributed by atoms with Crippen molar-refractivity contribution in [1.82, 2.24) is 10.2 Å². The van der Waals surface area contributed by atoms with Crippen LogP contribution in [-0.2, 0) is 20.8 Å². The molecule has 1 aliphatic heterocycles. The number of carbonyl (C=O) groups excluding carboxylic acids is 3. The lowest BCUT2D eigenvalue weighted by Gasteiger charge is -2.31. The predicted molar refractivity (Wildman–Crippen MR) is 109 cm³/mol. The molecular weight excluding hydrogens is 430 g/mol. The van der Waals surface area contributed by atoms with Gasteiger partial charge < -0.3 is 19.1 Å². The van der Waals surface area contributed by atoms with Crippen LogP contribution in [0.25, 0.3) is 0 Å². The van der Waals surface area contributed by atoms with Crippen LogP contribution in [0.15, 0.2) is 18.2 Å². The highest BCUT2D eigenvalue weighted by atomic mass is 28.3. The topological polar surface area (TPSA) is 94.2 Å². The molecule has 0 radical (unpaired) electrons. The molecule has 0 fully saturated rings. The Morgan fingerprint density at radius 2 is 1.94 bits per heavy atom. The van der Waals surface area contributed by atoms with E-state index in [1.54, 1.807) is 0 Å². The first kappa shape index (κ1) is 24.1. The van der Waals surface area contributed by atoms with Crippen LogP contribution in [0, 0.1) is 11.5 Å². The van der Waals surface area contributed by atoms with Gasteiger partial charge in [0.05, 0.1) is 20.8 Å². The van der Waals surface area contributed by atoms with Gasteiger partial charge in [-0.25, -0.2) is 9.59 Å². The lowest BCUT2D eigenvalue weighted by molar-refractivity contribution is -0.146. The van der Waals surface area contributed by atoms with E-state index in [1.807, 2.05) is 19.6 Å². The van der Waals surface area contributed by atoms with Crippen LogP contribution >= 0.6 is 0 Å². The largest absolute Gasteiger partial charge is 0.466 e. The number of alkyl halides is 2. The Kier molecular flexibility index (Phi) is 7.27. The zero-order chi connectivity index (χ0) is 23.4. The van der Waals surface area contributed by atoms with E-state index in [-0.39, 0.29) is 24.4 Å². The fourth-order valence-electron chi connectivity index (χ4n) is 2.90. The summed E-state index contributed by atoms with van der Waals surface area (Å²) in [7, 11) is 0.271. The number of esters is 1. The number of nitrogens with one attached hydrogen (secondary N) is 1. The molecule has 1 aliphatic rings. The van der Waals surface area contributed by atoms with Crippen molar-refractivity contribution < 1.29 is 37.4 Å². The lowest BCUT2D eigenvalue weighted by atomic mass is 10.00. The van der Waals surface area contributed by atoms with Crippen LogP contribution in [0.1, 0.15) is 15.9 Å². The molecule has 2 amide bonds. The summed E-state index contributed by atoms with van der Waals surface area (Å²) in [6, 6.07) is 4.03. The molecule has 0 spiro atoms. The number of nitrogens with zero attached hydrogens (tertiary/aromatic N) is 1. The van der Waals surface area contributed by atoms with Crippen LogP contribution in [0.2, 0.25) is 19.6 Å². The van der Waals surface area contributed by atoms with E-state index in [0.717, 1.165) is 14.2 Å². The van der Waals surface area contributed by atoms with Crippen LogP contribution < -0.4 is 10.1 Å². The van der Waals surface area contributed by atoms with Crippen molar-refractivity contribution >= 4 is 26.0 Å². The Bertz CT molecular complexity index is 938. The maximum Gasteiger partial charge on any atom is 0.408 e. The highest BCUT2D eigenvalue weighted by molar-refractivity contribution is 6.83. The van der Waals surface area contributed by atoms with Crippen molar-refractivity contribution in [3.63, 3.8) is 0 Å². The van der Waals surface area contributed by atoms with E-state index in [0.29, 0.717) is 5.56 Å². The average Bonchev–Trinajstić information content (AvgIpc) is 2.99. The third kappa shape index (κ3) is 5.94. The zero-order valence-electron chi connectivity index (χ0n) is 17.9. The summed E-state index contributed by atoms with van der Waals surface area (Å²) in [5, 5.41) is 2.41. The number of carbonyl (C=O) groups is 3. The molecule has 0 aromatic heterocycles. The molecule has 2 rings (SSSR count). The number of rotatable bonds is 6. The molecule has 31 heavy (non-hydrogen) atoms. The fraction of sp³-hybridized carbons (Fsp3) is 0.450. The average molecular weight is 455 g/mol. The van der Waals surface area contributed by atoms with E-state index in [4.69, 9.17) is 4.74 Å². The monoisotopic (exact) mass is 454 g/mol. The Balaban J connectivity index is 2.43. The van der Waals surface area contributed by atoms with Crippen LogP contribution in [0.4, 0.5) is 13.6 Å². The Morgan fingerprint density at radius 3 is 2.48 bits per heavy atom. The number of ether oxygens (including phenoxy) is 3. The van der Waals surface area contributed by atoms with Gasteiger partial charge in [0.25, 0.3) is 5.91 Å². The summed E-state index contributed by atoms with van der Waals surface area (Å²) in [4.78, 5) is 38.9. The standard InChI is InChI=1S/C20H24F2N2O6Si/c1-28-17(26)20(23-19(27)29-2,8-9-31(3,4)5)12-24-11-13-6-7-14(30-18(21)22)10-15(13)16(24)25/h6-7,10,18H,11-12H2,1-5H3,(H,23,27)/t20-/m1/s1. The van der Waals surface area contributed by atoms with Crippen molar-refractivity contribution in [2.24, 2.45) is 0 Å². The van der Waals surface area contributed by atoms with Crippen molar-refractivity contribution in [1.29, 1.82) is 0 Å². The molecule has 1 heterocycles. The number of benzene rings is 1. The molecule has 0 unspecified atom stereocenters. The first-order valence-corrected chi connectivity index (χ1v) is 12.8. The van der Waals surface area contributed by atoms with Gasteiger partial charge in [-0.05, 0) is 17.7 Å². The van der Waals surface area contributed by atoms with E-state index in [9.17, 15) is 23.2 Å². The highest BCUT2D eigenvalue weighted by Crippen LogP contribution is 2.29. The summed E-state index contributed by atoms with van der Waals surface area (Å²) in [5.41, 5.74) is 1.87. The van der Waals surface area contributed by atoms with Gasteiger partial charge in [-0.1, -0.05) is 31.6 Å². The Labute approximate surface area is 179 Å². The van der Waals surface area contributed by atoms with Crippen molar-refractivity contribution in [2.75, 3.05) is 20.8 Å². The van der Waals surface area contributed by atoms with E-state index >= 15 is 0 Å². The number of alkyl carbamates (subject to hydrolysis) is 1. The summed E-state index contributed by atoms with van der Waals surface area (Å²) in [6.45, 7) is 2.56. The van der Waals surface area contributed by atoms with Crippen LogP contribution in [0.5, 0.6) is 5.75 Å². The maximum absolute atomic E-state index is 12.9. The number of methoxy groups -OCH3 is 2. The zero-order valence-corrected chi connectivity index (χ0v) is 18.9. The first-order valence-electron chi connectivity index (χ1n) is 9.26. The number of fused-ring (bicyclic) bond motifs is 1. The molecule has 0 bridgehead atoms. The van der Waals surface area contributed by atoms with E-state index in [1.165, 1.54) is 23.1 Å². The smallest absolute Gasteiger partial charge is 0.408 e. The van der Waals surface area contributed by atoms with E-state index < -0.39 is 38.2 Å². The first-order chi connectivity index (χ1) is 14.4. The molecule has 8 nitrogen and oxygen atoms in total. The van der Waals surface area contributed by atoms with Crippen molar-refractivity contribution in [2.45, 2.75) is 38.3 Å². The van der Waals surface area contributed by atoms with Gasteiger partial charge in [0.2, 0.25) is 5.54 Å². The molecule has 1 N–H and O–H groups in total. The molecular formula is C20H24F2N2O6Si. The predicted octanol–water partition coefficient (Wildman–Crippen LogP) is 2.39. The molecule has 0 saturated carbocycles. The normalized spacial score (nSPS) is 14.8. The second-order valence-corrected chi connectivity index (χ2v) is 12.6. The van der Waals surface area contributed by atoms with Crippen molar-refractivity contribution in [3.8, 4) is 17.2 Å². The van der Waals surface area contributed by atoms with Gasteiger partial charge in [0.1, 0.15) is 13.8 Å². The van der Waals surface area contributed by atoms with Gasteiger partial charge in [-0.2, -0.15) is 8.78 Å². The number of hydrogen-bond acceptors (Lipinski definition) is 6. The minimum atomic E-state index is -3.03. The number of halogens is 2. The SMILES string of the molecule is COC(=O)N[C@](C#C[Si](C)(C)C)(CN1Cc2ccc(OC(F)F)cc2C1=O)C(=O)OC. The van der Waals surface area contributed by atoms with Gasteiger partial charge in [0.15, 0.2) is 0 Å². The van der Waals surface area contributed by atoms with Crippen LogP contribution in [0.3, 0.4) is 0 Å². The highest BCUT2D eigenvalue weighted by Gasteiger charge is 2.45. The second kappa shape index (κ2) is 9.34. The number of hydrogen-bond donors (Lipinski definition) is 1. The number of amides is 2. The summed E-state index contributed by atoms with van der Waals surface area (Å²) in [6.07, 6.45) is -0.924. The minimum Gasteiger partial charge on any atom is -0.466 e. The van der Waals surface area contributed by atoms with Gasteiger partial charge in [0, 0.05) is 12.1 Å². The third-order valence-corrected chi connectivity index (χ3v) is 5.17. The molecule has 168 valence electrons. The molecule has 0 saturated heterocycles. The van der Waals surface area contributed by atoms with Gasteiger partial charge in [-0.3, -0.25) is 10.1 Å². The van der Waals surface area contributed by atoms with Crippen molar-refractivity contribution in [3.05, 3.63) is 29.3 Å². The Morgan fingerprint density at radius 1 is 1.26 bits per heavy atom. The fourth-order valence-corrected chi connectivity index (χ4v) is 3.49. The molecule has 11 heteroatoms. The molecule has 1 atom stereocenters. The summed E-state index contributed by atoms with van der Waals surface area (Å²) >= 11 is 0. The third-order valence-electron chi connectivity index (χ3n) is 4.30. The quantitative estimate of drug-likeness (QED) is 0.403. The Hall–Kier alpha value is -3.13. The van der Waals surface area contributed by atoms with Gasteiger partial charge in [-0.15, -0.1) is 5.54 Å². The minimum absolute atomic E-state index is 0.0827. The van der Waals surface area contributed by atoms with Gasteiger partial charge >= 0.3 is 18.7 Å². The van der Waals surface area contributed by atoms with Crippen LogP contribution in [-0.4, -0.2) is 63.9 Å². The molecule has 1 aromatic carbocycles.